The molecule has 4 rings (SSSR count). The van der Waals surface area contributed by atoms with Crippen LogP contribution in [0.1, 0.15) is 24.0 Å². The van der Waals surface area contributed by atoms with Gasteiger partial charge < -0.3 is 29.2 Å². The van der Waals surface area contributed by atoms with Crippen LogP contribution >= 0.6 is 0 Å². The third-order valence-corrected chi connectivity index (χ3v) is 6.13. The zero-order chi connectivity index (χ0) is 26.9. The Labute approximate surface area is 222 Å². The Morgan fingerprint density at radius 1 is 1.00 bits per heavy atom. The van der Waals surface area contributed by atoms with Gasteiger partial charge in [-0.1, -0.05) is 24.3 Å². The third-order valence-electron chi connectivity index (χ3n) is 6.13. The molecular weight excluding hydrogens is 484 g/mol. The summed E-state index contributed by atoms with van der Waals surface area (Å²) in [5, 5.41) is 2.85. The second kappa shape index (κ2) is 12.7. The number of amides is 2. The Hall–Kier alpha value is -4.46. The van der Waals surface area contributed by atoms with Crippen molar-refractivity contribution in [1.29, 1.82) is 0 Å². The van der Waals surface area contributed by atoms with Gasteiger partial charge in [-0.3, -0.25) is 9.59 Å². The van der Waals surface area contributed by atoms with Crippen LogP contribution in [0, 0.1) is 6.92 Å². The van der Waals surface area contributed by atoms with Crippen molar-refractivity contribution in [3.05, 3.63) is 77.9 Å². The van der Waals surface area contributed by atoms with E-state index in [9.17, 15) is 9.59 Å². The molecule has 0 unspecified atom stereocenters. The third kappa shape index (κ3) is 6.64. The van der Waals surface area contributed by atoms with E-state index in [1.165, 1.54) is 6.08 Å². The fourth-order valence-corrected chi connectivity index (χ4v) is 4.11. The molecule has 0 atom stereocenters. The van der Waals surface area contributed by atoms with Gasteiger partial charge in [0.15, 0.2) is 18.1 Å². The number of para-hydroxylation sites is 1. The molecule has 1 N–H and O–H groups in total. The van der Waals surface area contributed by atoms with Crippen molar-refractivity contribution in [1.82, 2.24) is 0 Å². The summed E-state index contributed by atoms with van der Waals surface area (Å²) >= 11 is 0. The topological polar surface area (TPSA) is 86.3 Å². The van der Waals surface area contributed by atoms with Crippen LogP contribution < -0.4 is 29.2 Å². The largest absolute Gasteiger partial charge is 0.493 e. The number of hydrogen-bond acceptors (Lipinski definition) is 6. The number of nitrogens with zero attached hydrogens (tertiary/aromatic N) is 1. The lowest BCUT2D eigenvalue weighted by Crippen LogP contribution is -2.39. The number of benzene rings is 3. The molecule has 3 aromatic rings. The molecule has 0 saturated carbocycles. The van der Waals surface area contributed by atoms with Crippen LogP contribution in [0.15, 0.2) is 66.7 Å². The van der Waals surface area contributed by atoms with Gasteiger partial charge in [-0.2, -0.15) is 0 Å². The molecule has 198 valence electrons. The first-order chi connectivity index (χ1) is 18.5. The Kier molecular flexibility index (Phi) is 8.87. The van der Waals surface area contributed by atoms with Crippen LogP contribution in [0.2, 0.25) is 0 Å². The average Bonchev–Trinajstić information content (AvgIpc) is 2.93. The first-order valence-corrected chi connectivity index (χ1v) is 12.4. The summed E-state index contributed by atoms with van der Waals surface area (Å²) in [5.41, 5.74) is 3.09. The first-order valence-electron chi connectivity index (χ1n) is 12.4. The minimum Gasteiger partial charge on any atom is -0.493 e. The Bertz CT molecular complexity index is 1320. The van der Waals surface area contributed by atoms with Gasteiger partial charge in [0.1, 0.15) is 11.5 Å². The number of carbonyl (C=O) groups excluding carboxylic acids is 2. The fourth-order valence-electron chi connectivity index (χ4n) is 4.11. The molecule has 1 heterocycles. The molecule has 1 aliphatic heterocycles. The number of ether oxygens (including phenoxy) is 4. The van der Waals surface area contributed by atoms with Crippen LogP contribution in [-0.2, 0) is 9.59 Å². The number of hydrogen-bond donors (Lipinski definition) is 1. The molecule has 0 bridgehead atoms. The molecule has 0 saturated heterocycles. The number of nitrogens with one attached hydrogen (secondary N) is 1. The normalized spacial score (nSPS) is 12.6. The standard InChI is InChI=1S/C30H32N2O6/c1-21-8-4-5-9-25(21)37-17-7-6-16-32-24-19-23(12-14-26(24)38-20-30(32)34)31-29(33)15-11-22-10-13-27(35-2)28(18-22)36-3/h4-5,8-15,18-19H,6-7,16-17,20H2,1-3H3,(H,31,33)/b15-11+. The summed E-state index contributed by atoms with van der Waals surface area (Å²) in [6.45, 7) is 3.11. The van der Waals surface area contributed by atoms with Crippen LogP contribution in [0.25, 0.3) is 6.08 Å². The van der Waals surface area contributed by atoms with Crippen LogP contribution in [0.5, 0.6) is 23.0 Å². The molecule has 3 aromatic carbocycles. The highest BCUT2D eigenvalue weighted by atomic mass is 16.5. The summed E-state index contributed by atoms with van der Waals surface area (Å²) in [6.07, 6.45) is 4.69. The number of unbranched alkanes of at least 4 members (excludes halogenated alkanes) is 1. The van der Waals surface area contributed by atoms with E-state index < -0.39 is 0 Å². The van der Waals surface area contributed by atoms with Crippen molar-refractivity contribution in [3.63, 3.8) is 0 Å². The van der Waals surface area contributed by atoms with Gasteiger partial charge in [-0.15, -0.1) is 0 Å². The summed E-state index contributed by atoms with van der Waals surface area (Å²) < 4.78 is 22.0. The maximum absolute atomic E-state index is 12.6. The van der Waals surface area contributed by atoms with E-state index in [1.807, 2.05) is 37.3 Å². The number of rotatable bonds is 11. The van der Waals surface area contributed by atoms with Crippen LogP contribution in [0.3, 0.4) is 0 Å². The maximum atomic E-state index is 12.6. The fraction of sp³-hybridized carbons (Fsp3) is 0.267. The Morgan fingerprint density at radius 2 is 1.82 bits per heavy atom. The minimum absolute atomic E-state index is 0.00746. The second-order valence-corrected chi connectivity index (χ2v) is 8.77. The van der Waals surface area contributed by atoms with E-state index >= 15 is 0 Å². The Morgan fingerprint density at radius 3 is 2.61 bits per heavy atom. The maximum Gasteiger partial charge on any atom is 0.265 e. The number of anilines is 2. The van der Waals surface area contributed by atoms with E-state index in [2.05, 4.69) is 5.32 Å². The van der Waals surface area contributed by atoms with Crippen molar-refractivity contribution in [2.75, 3.05) is 44.2 Å². The highest BCUT2D eigenvalue weighted by molar-refractivity contribution is 6.03. The molecule has 8 nitrogen and oxygen atoms in total. The minimum atomic E-state index is -0.303. The zero-order valence-electron chi connectivity index (χ0n) is 21.9. The van der Waals surface area contributed by atoms with E-state index in [4.69, 9.17) is 18.9 Å². The van der Waals surface area contributed by atoms with E-state index in [-0.39, 0.29) is 18.4 Å². The predicted octanol–water partition coefficient (Wildman–Crippen LogP) is 5.25. The SMILES string of the molecule is COc1ccc(/C=C/C(=O)Nc2ccc3c(c2)N(CCCCOc2ccccc2C)C(=O)CO3)cc1OC. The number of carbonyl (C=O) groups is 2. The molecule has 0 aromatic heterocycles. The molecule has 1 aliphatic rings. The van der Waals surface area contributed by atoms with Gasteiger partial charge in [0.25, 0.3) is 5.91 Å². The van der Waals surface area contributed by atoms with Gasteiger partial charge >= 0.3 is 0 Å². The van der Waals surface area contributed by atoms with Gasteiger partial charge in [0.05, 0.1) is 26.5 Å². The zero-order valence-corrected chi connectivity index (χ0v) is 21.9. The Balaban J connectivity index is 1.35. The molecule has 2 amide bonds. The lowest BCUT2D eigenvalue weighted by molar-refractivity contribution is -0.121. The van der Waals surface area contributed by atoms with Crippen molar-refractivity contribution >= 4 is 29.3 Å². The highest BCUT2D eigenvalue weighted by Gasteiger charge is 2.25. The monoisotopic (exact) mass is 516 g/mol. The van der Waals surface area contributed by atoms with Gasteiger partial charge in [0.2, 0.25) is 5.91 Å². The average molecular weight is 517 g/mol. The number of fused-ring (bicyclic) bond motifs is 1. The molecule has 0 spiro atoms. The summed E-state index contributed by atoms with van der Waals surface area (Å²) in [6, 6.07) is 18.6. The van der Waals surface area contributed by atoms with Crippen LogP contribution in [0.4, 0.5) is 11.4 Å². The highest BCUT2D eigenvalue weighted by Crippen LogP contribution is 2.35. The molecule has 0 fully saturated rings. The first kappa shape index (κ1) is 26.6. The molecular formula is C30H32N2O6. The molecule has 0 aliphatic carbocycles. The van der Waals surface area contributed by atoms with E-state index in [0.29, 0.717) is 41.8 Å². The lowest BCUT2D eigenvalue weighted by Gasteiger charge is -2.30. The summed E-state index contributed by atoms with van der Waals surface area (Å²) in [4.78, 5) is 26.9. The quantitative estimate of drug-likeness (QED) is 0.277. The van der Waals surface area contributed by atoms with Gasteiger partial charge in [-0.05, 0) is 73.4 Å². The molecule has 8 heteroatoms. The van der Waals surface area contributed by atoms with Crippen molar-refractivity contribution in [2.45, 2.75) is 19.8 Å². The number of aryl methyl sites for hydroxylation is 1. The van der Waals surface area contributed by atoms with Crippen molar-refractivity contribution in [2.24, 2.45) is 0 Å². The summed E-state index contributed by atoms with van der Waals surface area (Å²) in [7, 11) is 3.13. The summed E-state index contributed by atoms with van der Waals surface area (Å²) in [5.74, 6) is 2.26. The molecule has 0 radical (unpaired) electrons. The van der Waals surface area contributed by atoms with E-state index in [0.717, 1.165) is 29.7 Å². The van der Waals surface area contributed by atoms with Crippen molar-refractivity contribution in [3.8, 4) is 23.0 Å². The smallest absolute Gasteiger partial charge is 0.265 e. The van der Waals surface area contributed by atoms with E-state index in [1.54, 1.807) is 55.5 Å². The van der Waals surface area contributed by atoms with Crippen LogP contribution in [-0.4, -0.2) is 45.8 Å². The second-order valence-electron chi connectivity index (χ2n) is 8.77. The number of methoxy groups -OCH3 is 2. The predicted molar refractivity (Wildman–Crippen MR) is 147 cm³/mol. The van der Waals surface area contributed by atoms with Gasteiger partial charge in [-0.25, -0.2) is 0 Å². The van der Waals surface area contributed by atoms with Crippen molar-refractivity contribution < 1.29 is 28.5 Å². The molecule has 38 heavy (non-hydrogen) atoms. The lowest BCUT2D eigenvalue weighted by atomic mass is 10.1. The van der Waals surface area contributed by atoms with Gasteiger partial charge in [0, 0.05) is 18.3 Å².